The molecule has 9 heteroatoms. The van der Waals surface area contributed by atoms with E-state index < -0.39 is 15.1 Å². The van der Waals surface area contributed by atoms with E-state index in [1.165, 1.54) is 12.1 Å². The van der Waals surface area contributed by atoms with Gasteiger partial charge in [0.2, 0.25) is 0 Å². The second kappa shape index (κ2) is 8.75. The third-order valence-electron chi connectivity index (χ3n) is 5.23. The number of thiazole rings is 1. The molecule has 0 saturated carbocycles. The highest BCUT2D eigenvalue weighted by atomic mass is 35.5. The van der Waals surface area contributed by atoms with Gasteiger partial charge in [-0.25, -0.2) is 13.4 Å². The van der Waals surface area contributed by atoms with Crippen LogP contribution in [0.2, 0.25) is 10.0 Å². The number of hydrogen-bond donors (Lipinski definition) is 0. The molecule has 158 valence electrons. The molecule has 1 aromatic heterocycles. The SMILES string of the molecule is COc1ccccc1-c1csc(N2CCC(S(=O)(=O)c3ccc(Cl)cc3Cl)CC2)n1. The summed E-state index contributed by atoms with van der Waals surface area (Å²) in [5.41, 5.74) is 1.80. The van der Waals surface area contributed by atoms with Crippen molar-refractivity contribution in [3.8, 4) is 17.0 Å². The van der Waals surface area contributed by atoms with Crippen LogP contribution >= 0.6 is 34.5 Å². The van der Waals surface area contributed by atoms with Crippen LogP contribution in [-0.4, -0.2) is 38.9 Å². The highest BCUT2D eigenvalue weighted by molar-refractivity contribution is 7.92. The number of hydrogen-bond acceptors (Lipinski definition) is 6. The minimum atomic E-state index is -3.51. The van der Waals surface area contributed by atoms with E-state index in [-0.39, 0.29) is 9.92 Å². The van der Waals surface area contributed by atoms with Gasteiger partial charge in [-0.3, -0.25) is 0 Å². The fourth-order valence-electron chi connectivity index (χ4n) is 3.63. The first-order valence-corrected chi connectivity index (χ1v) is 12.6. The third-order valence-corrected chi connectivity index (χ3v) is 9.11. The van der Waals surface area contributed by atoms with E-state index in [4.69, 9.17) is 32.9 Å². The summed E-state index contributed by atoms with van der Waals surface area (Å²) >= 11 is 13.6. The summed E-state index contributed by atoms with van der Waals surface area (Å²) < 4.78 is 31.5. The topological polar surface area (TPSA) is 59.5 Å². The molecule has 1 fully saturated rings. The normalized spacial score (nSPS) is 15.4. The number of methoxy groups -OCH3 is 1. The summed E-state index contributed by atoms with van der Waals surface area (Å²) in [5, 5.41) is 3.01. The van der Waals surface area contributed by atoms with Crippen molar-refractivity contribution in [1.82, 2.24) is 4.98 Å². The number of piperidine rings is 1. The van der Waals surface area contributed by atoms with Crippen LogP contribution in [0, 0.1) is 0 Å². The largest absolute Gasteiger partial charge is 0.496 e. The van der Waals surface area contributed by atoms with Crippen molar-refractivity contribution < 1.29 is 13.2 Å². The first-order valence-electron chi connectivity index (χ1n) is 9.43. The third kappa shape index (κ3) is 4.17. The molecule has 0 unspecified atom stereocenters. The summed E-state index contributed by atoms with van der Waals surface area (Å²) in [6.07, 6.45) is 1.04. The maximum Gasteiger partial charge on any atom is 0.185 e. The van der Waals surface area contributed by atoms with Gasteiger partial charge in [0.25, 0.3) is 0 Å². The molecule has 0 atom stereocenters. The average Bonchev–Trinajstić information content (AvgIpc) is 3.23. The summed E-state index contributed by atoms with van der Waals surface area (Å²) in [4.78, 5) is 7.05. The zero-order chi connectivity index (χ0) is 21.3. The van der Waals surface area contributed by atoms with E-state index >= 15 is 0 Å². The molecule has 1 aliphatic rings. The lowest BCUT2D eigenvalue weighted by molar-refractivity contribution is 0.416. The van der Waals surface area contributed by atoms with Crippen molar-refractivity contribution in [3.05, 3.63) is 57.9 Å². The molecule has 3 aromatic rings. The van der Waals surface area contributed by atoms with Gasteiger partial charge in [-0.1, -0.05) is 35.3 Å². The van der Waals surface area contributed by atoms with Gasteiger partial charge in [-0.15, -0.1) is 11.3 Å². The van der Waals surface area contributed by atoms with Crippen LogP contribution in [0.3, 0.4) is 0 Å². The molecular weight excluding hydrogens is 463 g/mol. The molecular formula is C21H20Cl2N2O3S2. The number of para-hydroxylation sites is 1. The lowest BCUT2D eigenvalue weighted by Gasteiger charge is -2.31. The second-order valence-electron chi connectivity index (χ2n) is 7.02. The Balaban J connectivity index is 1.48. The number of anilines is 1. The molecule has 4 rings (SSSR count). The van der Waals surface area contributed by atoms with E-state index in [0.29, 0.717) is 31.0 Å². The maximum atomic E-state index is 13.0. The highest BCUT2D eigenvalue weighted by Gasteiger charge is 2.33. The maximum absolute atomic E-state index is 13.0. The predicted octanol–water partition coefficient (Wildman–Crippen LogP) is 5.57. The number of sulfone groups is 1. The van der Waals surface area contributed by atoms with Crippen LogP contribution < -0.4 is 9.64 Å². The minimum absolute atomic E-state index is 0.153. The van der Waals surface area contributed by atoms with Gasteiger partial charge in [0.1, 0.15) is 5.75 Å². The van der Waals surface area contributed by atoms with Gasteiger partial charge < -0.3 is 9.64 Å². The molecule has 0 amide bonds. The van der Waals surface area contributed by atoms with Crippen LogP contribution in [0.5, 0.6) is 5.75 Å². The number of halogens is 2. The molecule has 0 bridgehead atoms. The molecule has 0 spiro atoms. The Morgan fingerprint density at radius 1 is 1.13 bits per heavy atom. The van der Waals surface area contributed by atoms with Gasteiger partial charge in [0.05, 0.1) is 28.0 Å². The van der Waals surface area contributed by atoms with Gasteiger partial charge in [-0.2, -0.15) is 0 Å². The van der Waals surface area contributed by atoms with E-state index in [1.807, 2.05) is 29.6 Å². The molecule has 30 heavy (non-hydrogen) atoms. The standard InChI is InChI=1S/C21H20Cl2N2O3S2/c1-28-19-5-3-2-4-16(19)18-13-29-21(24-18)25-10-8-15(9-11-25)30(26,27)20-7-6-14(22)12-17(20)23/h2-7,12-13,15H,8-11H2,1H3. The van der Waals surface area contributed by atoms with Crippen molar-refractivity contribution in [2.45, 2.75) is 23.0 Å². The fraction of sp³-hybridized carbons (Fsp3) is 0.286. The lowest BCUT2D eigenvalue weighted by Crippen LogP contribution is -2.39. The van der Waals surface area contributed by atoms with E-state index in [9.17, 15) is 8.42 Å². The molecule has 5 nitrogen and oxygen atoms in total. The molecule has 1 aliphatic heterocycles. The fourth-order valence-corrected chi connectivity index (χ4v) is 7.02. The zero-order valence-corrected chi connectivity index (χ0v) is 19.4. The van der Waals surface area contributed by atoms with Crippen molar-refractivity contribution in [1.29, 1.82) is 0 Å². The first-order chi connectivity index (χ1) is 14.4. The van der Waals surface area contributed by atoms with E-state index in [1.54, 1.807) is 24.5 Å². The Bertz CT molecular complexity index is 1160. The van der Waals surface area contributed by atoms with Crippen molar-refractivity contribution in [2.24, 2.45) is 0 Å². The van der Waals surface area contributed by atoms with Gasteiger partial charge in [0.15, 0.2) is 15.0 Å². The molecule has 0 N–H and O–H groups in total. The van der Waals surface area contributed by atoms with Crippen molar-refractivity contribution in [3.63, 3.8) is 0 Å². The zero-order valence-electron chi connectivity index (χ0n) is 16.2. The lowest BCUT2D eigenvalue weighted by atomic mass is 10.1. The van der Waals surface area contributed by atoms with Gasteiger partial charge >= 0.3 is 0 Å². The van der Waals surface area contributed by atoms with Crippen LogP contribution in [0.15, 0.2) is 52.7 Å². The quantitative estimate of drug-likeness (QED) is 0.475. The van der Waals surface area contributed by atoms with Crippen LogP contribution in [0.4, 0.5) is 5.13 Å². The predicted molar refractivity (Wildman–Crippen MR) is 123 cm³/mol. The Morgan fingerprint density at radius 2 is 1.87 bits per heavy atom. The Kier molecular flexibility index (Phi) is 6.25. The van der Waals surface area contributed by atoms with Crippen molar-refractivity contribution in [2.75, 3.05) is 25.1 Å². The van der Waals surface area contributed by atoms with Crippen molar-refractivity contribution >= 4 is 49.5 Å². The summed E-state index contributed by atoms with van der Waals surface area (Å²) in [6, 6.07) is 12.3. The average molecular weight is 483 g/mol. The van der Waals surface area contributed by atoms with Gasteiger partial charge in [-0.05, 0) is 43.2 Å². The van der Waals surface area contributed by atoms with Crippen LogP contribution in [-0.2, 0) is 9.84 Å². The summed E-state index contributed by atoms with van der Waals surface area (Å²) in [5.74, 6) is 0.777. The monoisotopic (exact) mass is 482 g/mol. The number of rotatable bonds is 5. The Labute approximate surface area is 190 Å². The molecule has 0 aliphatic carbocycles. The van der Waals surface area contributed by atoms with Crippen LogP contribution in [0.25, 0.3) is 11.3 Å². The van der Waals surface area contributed by atoms with E-state index in [2.05, 4.69) is 4.90 Å². The van der Waals surface area contributed by atoms with Crippen LogP contribution in [0.1, 0.15) is 12.8 Å². The minimum Gasteiger partial charge on any atom is -0.496 e. The number of benzene rings is 2. The molecule has 1 saturated heterocycles. The van der Waals surface area contributed by atoms with E-state index in [0.717, 1.165) is 22.1 Å². The Morgan fingerprint density at radius 3 is 2.57 bits per heavy atom. The highest BCUT2D eigenvalue weighted by Crippen LogP contribution is 2.36. The smallest absolute Gasteiger partial charge is 0.185 e. The molecule has 2 aromatic carbocycles. The Hall–Kier alpha value is -1.80. The molecule has 0 radical (unpaired) electrons. The van der Waals surface area contributed by atoms with Gasteiger partial charge in [0, 0.05) is 29.1 Å². The second-order valence-corrected chi connectivity index (χ2v) is 10.9. The number of aromatic nitrogens is 1. The summed E-state index contributed by atoms with van der Waals surface area (Å²) in [6.45, 7) is 1.24. The first kappa shape index (κ1) is 21.4. The summed E-state index contributed by atoms with van der Waals surface area (Å²) in [7, 11) is -1.87. The number of ether oxygens (including phenoxy) is 1. The molecule has 2 heterocycles. The number of nitrogens with zero attached hydrogens (tertiary/aromatic N) is 2.